The minimum absolute atomic E-state index is 0.739. The molecule has 0 N–H and O–H groups in total. The Kier molecular flexibility index (Phi) is 12.7. The Morgan fingerprint density at radius 2 is 0.582 bits per heavy atom. The lowest BCUT2D eigenvalue weighted by atomic mass is 9.97. The van der Waals surface area contributed by atoms with Crippen LogP contribution in [0.1, 0.15) is 0 Å². The molecule has 0 aliphatic carbocycles. The van der Waals surface area contributed by atoms with Crippen LogP contribution in [0.4, 0.5) is 145 Å². The van der Waals surface area contributed by atoms with Crippen molar-refractivity contribution in [3.05, 3.63) is 0 Å². The van der Waals surface area contributed by atoms with E-state index in [4.69, 9.17) is 0 Å². The van der Waals surface area contributed by atoms with Crippen molar-refractivity contribution in [1.29, 1.82) is 0 Å². The summed E-state index contributed by atoms with van der Waals surface area (Å²) >= 11 is 0. The van der Waals surface area contributed by atoms with Crippen LogP contribution in [0, 0.1) is 0 Å². The van der Waals surface area contributed by atoms with Crippen LogP contribution >= 0.6 is 0 Å². The SMILES string of the molecule is O=S(=O)(OC(F)C(F)(F)C(F)(F)C(F)(F)C(F)(F)C(F)(F)OC(F)(F)C(F)(F)OC(F)(F)C(F)(F)C(F)(F)C(F)(F)F)C(F)(F)C(F)(F)C(F)(F)C(F)(F)F. The van der Waals surface area contributed by atoms with E-state index in [0.29, 0.717) is 0 Å². The molecule has 39 heteroatoms. The molecule has 55 heavy (non-hydrogen) atoms. The fourth-order valence-corrected chi connectivity index (χ4v) is 3.32. The monoisotopic (exact) mass is 932 g/mol. The normalized spacial score (nSPS) is 17.5. The Bertz CT molecular complexity index is 1490. The molecule has 0 saturated heterocycles. The Labute approximate surface area is 274 Å². The molecular weight excluding hydrogens is 931 g/mol. The zero-order valence-electron chi connectivity index (χ0n) is 23.0. The molecule has 0 heterocycles. The van der Waals surface area contributed by atoms with Gasteiger partial charge in [-0.25, -0.2) is 18.0 Å². The topological polar surface area (TPSA) is 61.8 Å². The van der Waals surface area contributed by atoms with Crippen molar-refractivity contribution in [2.75, 3.05) is 0 Å². The van der Waals surface area contributed by atoms with E-state index >= 15 is 0 Å². The van der Waals surface area contributed by atoms with Crippen molar-refractivity contribution < 1.29 is 167 Å². The summed E-state index contributed by atoms with van der Waals surface area (Å²) in [6.45, 7) is 0. The van der Waals surface area contributed by atoms with Gasteiger partial charge in [-0.3, -0.25) is 0 Å². The molecule has 0 aromatic heterocycles. The fourth-order valence-electron chi connectivity index (χ4n) is 2.41. The van der Waals surface area contributed by atoms with Gasteiger partial charge in [0.1, 0.15) is 0 Å². The highest BCUT2D eigenvalue weighted by Gasteiger charge is 2.92. The van der Waals surface area contributed by atoms with Gasteiger partial charge < -0.3 is 0 Å². The molecule has 0 aromatic rings. The van der Waals surface area contributed by atoms with Gasteiger partial charge in [-0.15, -0.1) is 0 Å². The van der Waals surface area contributed by atoms with E-state index in [1.54, 1.807) is 0 Å². The van der Waals surface area contributed by atoms with Crippen LogP contribution in [0.15, 0.2) is 0 Å². The molecule has 1 unspecified atom stereocenters. The average Bonchev–Trinajstić information content (AvgIpc) is 2.89. The first-order chi connectivity index (χ1) is 23.0. The zero-order valence-corrected chi connectivity index (χ0v) is 23.8. The predicted octanol–water partition coefficient (Wildman–Crippen LogP) is 9.83. The first-order valence-corrected chi connectivity index (χ1v) is 12.5. The van der Waals surface area contributed by atoms with Crippen LogP contribution in [0.5, 0.6) is 0 Å². The van der Waals surface area contributed by atoms with Gasteiger partial charge in [0.15, 0.2) is 0 Å². The van der Waals surface area contributed by atoms with Crippen molar-refractivity contribution in [2.45, 2.75) is 95.8 Å². The van der Waals surface area contributed by atoms with Crippen LogP contribution in [0.3, 0.4) is 0 Å². The molecule has 0 aliphatic heterocycles. The van der Waals surface area contributed by atoms with Gasteiger partial charge in [0, 0.05) is 0 Å². The summed E-state index contributed by atoms with van der Waals surface area (Å²) in [6.07, 6.45) is -58.2. The molecule has 0 rings (SSSR count). The third-order valence-corrected chi connectivity index (χ3v) is 6.77. The van der Waals surface area contributed by atoms with Gasteiger partial charge in [0.25, 0.3) is 6.36 Å². The standard InChI is InChI=1S/C16HF33O5S/c17-1(52-55(50,51)16(48,49)9(32,33)6(26,27)11(37,38)39)2(18,19)3(20,21)4(22,23)7(28,29)12(40,41)53-14(44,45)15(46,47)54-13(42,43)8(30,31)5(24,25)10(34,35)36/h1H. The summed E-state index contributed by atoms with van der Waals surface area (Å²) < 4.78 is 457. The largest absolute Gasteiger partial charge is 0.460 e. The van der Waals surface area contributed by atoms with E-state index in [1.807, 2.05) is 0 Å². The van der Waals surface area contributed by atoms with Gasteiger partial charge in [-0.2, -0.15) is 149 Å². The van der Waals surface area contributed by atoms with E-state index in [-0.39, 0.29) is 0 Å². The molecule has 0 bridgehead atoms. The number of alkyl halides is 33. The number of ether oxygens (including phenoxy) is 2. The van der Waals surface area contributed by atoms with Gasteiger partial charge in [-0.1, -0.05) is 0 Å². The summed E-state index contributed by atoms with van der Waals surface area (Å²) in [5.74, 6) is -71.2. The zero-order chi connectivity index (χ0) is 45.7. The maximum atomic E-state index is 13.7. The first kappa shape index (κ1) is 52.5. The Morgan fingerprint density at radius 1 is 0.327 bits per heavy atom. The molecule has 0 aromatic carbocycles. The number of halogens is 33. The summed E-state index contributed by atoms with van der Waals surface area (Å²) in [7, 11) is -9.27. The fraction of sp³-hybridized carbons (Fsp3) is 1.00. The second-order valence-corrected chi connectivity index (χ2v) is 10.9. The lowest BCUT2D eigenvalue weighted by Gasteiger charge is -2.41. The summed E-state index contributed by atoms with van der Waals surface area (Å²) in [6, 6.07) is 0. The van der Waals surface area contributed by atoms with Gasteiger partial charge in [-0.05, 0) is 0 Å². The van der Waals surface area contributed by atoms with Crippen molar-refractivity contribution in [3.63, 3.8) is 0 Å². The maximum Gasteiger partial charge on any atom is 0.460 e. The van der Waals surface area contributed by atoms with Gasteiger partial charge in [0.2, 0.25) is 0 Å². The summed E-state index contributed by atoms with van der Waals surface area (Å²) in [5.41, 5.74) is 0. The third kappa shape index (κ3) is 7.65. The lowest BCUT2D eigenvalue weighted by molar-refractivity contribution is -0.559. The van der Waals surface area contributed by atoms with Crippen LogP contribution < -0.4 is 0 Å². The molecule has 0 radical (unpaired) electrons. The predicted molar refractivity (Wildman–Crippen MR) is 93.5 cm³/mol. The molecule has 0 amide bonds. The van der Waals surface area contributed by atoms with Crippen LogP contribution in [0.2, 0.25) is 0 Å². The molecule has 0 aliphatic rings. The smallest absolute Gasteiger partial charge is 0.243 e. The highest BCUT2D eigenvalue weighted by molar-refractivity contribution is 7.87. The number of rotatable bonds is 17. The highest BCUT2D eigenvalue weighted by atomic mass is 32.2. The number of hydrogen-bond acceptors (Lipinski definition) is 5. The van der Waals surface area contributed by atoms with Crippen molar-refractivity contribution in [1.82, 2.24) is 0 Å². The quantitative estimate of drug-likeness (QED) is 0.108. The second-order valence-electron chi connectivity index (χ2n) is 9.29. The minimum atomic E-state index is -9.47. The Hall–Kier alpha value is -2.48. The van der Waals surface area contributed by atoms with Crippen molar-refractivity contribution in [3.8, 4) is 0 Å². The average molecular weight is 932 g/mol. The van der Waals surface area contributed by atoms with E-state index < -0.39 is 106 Å². The first-order valence-electron chi connectivity index (χ1n) is 11.1. The Balaban J connectivity index is 6.95. The van der Waals surface area contributed by atoms with Crippen LogP contribution in [0.25, 0.3) is 0 Å². The molecule has 0 fully saturated rings. The highest BCUT2D eigenvalue weighted by Crippen LogP contribution is 2.62. The third-order valence-electron chi connectivity index (χ3n) is 5.47. The van der Waals surface area contributed by atoms with E-state index in [2.05, 4.69) is 0 Å². The molecule has 1 atom stereocenters. The minimum Gasteiger partial charge on any atom is -0.243 e. The van der Waals surface area contributed by atoms with Gasteiger partial charge >= 0.3 is 99.5 Å². The number of hydrogen-bond donors (Lipinski definition) is 0. The molecule has 0 saturated carbocycles. The molecule has 332 valence electrons. The molecule has 0 spiro atoms. The lowest BCUT2D eigenvalue weighted by Crippen LogP contribution is -2.71. The second kappa shape index (κ2) is 13.3. The van der Waals surface area contributed by atoms with E-state index in [0.717, 1.165) is 9.47 Å². The van der Waals surface area contributed by atoms with Crippen molar-refractivity contribution >= 4 is 10.1 Å². The summed E-state index contributed by atoms with van der Waals surface area (Å²) in [5, 5.41) is -8.59. The maximum absolute atomic E-state index is 13.7. The van der Waals surface area contributed by atoms with Crippen molar-refractivity contribution in [2.24, 2.45) is 0 Å². The van der Waals surface area contributed by atoms with E-state index in [1.165, 1.54) is 4.18 Å². The van der Waals surface area contributed by atoms with Gasteiger partial charge in [0.05, 0.1) is 0 Å². The Morgan fingerprint density at radius 3 is 0.855 bits per heavy atom. The van der Waals surface area contributed by atoms with E-state index in [9.17, 15) is 153 Å². The molecular formula is C16HF33O5S. The molecule has 5 nitrogen and oxygen atoms in total. The van der Waals surface area contributed by atoms with Crippen LogP contribution in [-0.4, -0.2) is 104 Å². The summed E-state index contributed by atoms with van der Waals surface area (Å²) in [4.78, 5) is 0. The van der Waals surface area contributed by atoms with Crippen LogP contribution in [-0.2, 0) is 23.8 Å².